The Kier molecular flexibility index (Phi) is 5.28. The van der Waals surface area contributed by atoms with Crippen molar-refractivity contribution in [1.29, 1.82) is 0 Å². The molecule has 0 unspecified atom stereocenters. The van der Waals surface area contributed by atoms with Gasteiger partial charge in [-0.25, -0.2) is 8.42 Å². The van der Waals surface area contributed by atoms with Gasteiger partial charge in [-0.3, -0.25) is 9.52 Å². The van der Waals surface area contributed by atoms with Gasteiger partial charge in [0.2, 0.25) is 0 Å². The van der Waals surface area contributed by atoms with Crippen LogP contribution < -0.4 is 19.1 Å². The van der Waals surface area contributed by atoms with Gasteiger partial charge in [0.05, 0.1) is 23.4 Å². The van der Waals surface area contributed by atoms with Gasteiger partial charge < -0.3 is 14.4 Å². The molecular formula is C22H19ClN2O5S. The summed E-state index contributed by atoms with van der Waals surface area (Å²) in [5.74, 6) is 1.00. The summed E-state index contributed by atoms with van der Waals surface area (Å²) in [4.78, 5) is 14.4. The van der Waals surface area contributed by atoms with E-state index in [1.165, 1.54) is 42.3 Å². The Labute approximate surface area is 185 Å². The van der Waals surface area contributed by atoms with E-state index in [1.54, 1.807) is 19.2 Å². The van der Waals surface area contributed by atoms with Crippen molar-refractivity contribution in [2.24, 2.45) is 0 Å². The standard InChI is InChI=1S/C22H19ClN2O5S/c1-13-4-7-20-18(10-13)25(2)22(26)16-11-14(5-8-19(16)30-20)24-31(27,28)21-9-6-15(29-3)12-17(21)23/h4-12,24H,1-3H3. The third-order valence-electron chi connectivity index (χ3n) is 4.89. The normalized spacial score (nSPS) is 13.0. The van der Waals surface area contributed by atoms with Crippen molar-refractivity contribution in [3.05, 3.63) is 70.7 Å². The summed E-state index contributed by atoms with van der Waals surface area (Å²) in [5, 5.41) is 0.0200. The quantitative estimate of drug-likeness (QED) is 0.604. The van der Waals surface area contributed by atoms with Crippen LogP contribution in [0.1, 0.15) is 15.9 Å². The largest absolute Gasteiger partial charge is 0.497 e. The Morgan fingerprint density at radius 3 is 2.48 bits per heavy atom. The number of sulfonamides is 1. The van der Waals surface area contributed by atoms with Crippen LogP contribution in [0.15, 0.2) is 59.5 Å². The molecule has 0 atom stereocenters. The molecule has 0 spiro atoms. The van der Waals surface area contributed by atoms with Gasteiger partial charge in [0.25, 0.3) is 15.9 Å². The van der Waals surface area contributed by atoms with E-state index < -0.39 is 10.0 Å². The first kappa shape index (κ1) is 21.0. The molecule has 3 aromatic rings. The number of carbonyl (C=O) groups excluding carboxylic acids is 1. The van der Waals surface area contributed by atoms with E-state index in [2.05, 4.69) is 4.72 Å². The first-order chi connectivity index (χ1) is 14.7. The Morgan fingerprint density at radius 2 is 1.77 bits per heavy atom. The molecule has 4 rings (SSSR count). The molecular weight excluding hydrogens is 440 g/mol. The fourth-order valence-corrected chi connectivity index (χ4v) is 4.86. The molecule has 1 heterocycles. The van der Waals surface area contributed by atoms with Crippen LogP contribution in [0.4, 0.5) is 11.4 Å². The second-order valence-corrected chi connectivity index (χ2v) is 9.11. The van der Waals surface area contributed by atoms with E-state index in [0.717, 1.165) is 5.56 Å². The molecule has 7 nitrogen and oxygen atoms in total. The number of ether oxygens (including phenoxy) is 2. The number of hydrogen-bond donors (Lipinski definition) is 1. The number of nitrogens with one attached hydrogen (secondary N) is 1. The molecule has 1 aliphatic heterocycles. The van der Waals surface area contributed by atoms with Crippen LogP contribution in [0.5, 0.6) is 17.2 Å². The lowest BCUT2D eigenvalue weighted by Gasteiger charge is -2.17. The van der Waals surface area contributed by atoms with Gasteiger partial charge in [0.1, 0.15) is 16.4 Å². The van der Waals surface area contributed by atoms with Gasteiger partial charge >= 0.3 is 0 Å². The monoisotopic (exact) mass is 458 g/mol. The lowest BCUT2D eigenvalue weighted by atomic mass is 10.1. The maximum absolute atomic E-state index is 13.1. The summed E-state index contributed by atoms with van der Waals surface area (Å²) < 4.78 is 39.2. The molecule has 0 bridgehead atoms. The van der Waals surface area contributed by atoms with Crippen molar-refractivity contribution in [2.45, 2.75) is 11.8 Å². The molecule has 0 saturated heterocycles. The van der Waals surface area contributed by atoms with Gasteiger partial charge in [-0.05, 0) is 55.0 Å². The maximum Gasteiger partial charge on any atom is 0.263 e. The Hall–Kier alpha value is -3.23. The highest BCUT2D eigenvalue weighted by atomic mass is 35.5. The summed E-state index contributed by atoms with van der Waals surface area (Å²) in [6, 6.07) is 14.4. The minimum atomic E-state index is -4.00. The van der Waals surface area contributed by atoms with Gasteiger partial charge in [0, 0.05) is 18.8 Å². The molecule has 0 saturated carbocycles. The van der Waals surface area contributed by atoms with E-state index in [0.29, 0.717) is 22.9 Å². The molecule has 1 amide bonds. The molecule has 0 radical (unpaired) electrons. The van der Waals surface area contributed by atoms with Crippen molar-refractivity contribution in [2.75, 3.05) is 23.8 Å². The summed E-state index contributed by atoms with van der Waals surface area (Å²) in [6.45, 7) is 1.92. The van der Waals surface area contributed by atoms with Crippen LogP contribution in [0.2, 0.25) is 5.02 Å². The van der Waals surface area contributed by atoms with Gasteiger partial charge in [-0.2, -0.15) is 0 Å². The van der Waals surface area contributed by atoms with E-state index in [4.69, 9.17) is 21.1 Å². The molecule has 160 valence electrons. The number of aryl methyl sites for hydroxylation is 1. The predicted molar refractivity (Wildman–Crippen MR) is 119 cm³/mol. The summed E-state index contributed by atoms with van der Waals surface area (Å²) >= 11 is 6.12. The third kappa shape index (κ3) is 3.92. The Balaban J connectivity index is 1.69. The molecule has 31 heavy (non-hydrogen) atoms. The number of methoxy groups -OCH3 is 1. The average molecular weight is 459 g/mol. The third-order valence-corrected chi connectivity index (χ3v) is 6.76. The zero-order valence-electron chi connectivity index (χ0n) is 17.0. The fraction of sp³-hybridized carbons (Fsp3) is 0.136. The van der Waals surface area contributed by atoms with Crippen LogP contribution in [0.3, 0.4) is 0 Å². The van der Waals surface area contributed by atoms with E-state index in [9.17, 15) is 13.2 Å². The number of fused-ring (bicyclic) bond motifs is 2. The molecule has 3 aromatic carbocycles. The topological polar surface area (TPSA) is 84.9 Å². The average Bonchev–Trinajstić information content (AvgIpc) is 2.83. The summed E-state index contributed by atoms with van der Waals surface area (Å²) in [5.41, 5.74) is 2.06. The highest BCUT2D eigenvalue weighted by Gasteiger charge is 2.27. The number of carbonyl (C=O) groups is 1. The Morgan fingerprint density at radius 1 is 1.03 bits per heavy atom. The van der Waals surface area contributed by atoms with Crippen molar-refractivity contribution in [3.63, 3.8) is 0 Å². The number of nitrogens with zero attached hydrogens (tertiary/aromatic N) is 1. The smallest absolute Gasteiger partial charge is 0.263 e. The maximum atomic E-state index is 13.1. The predicted octanol–water partition coefficient (Wildman–Crippen LogP) is 4.84. The van der Waals surface area contributed by atoms with E-state index in [-0.39, 0.29) is 27.1 Å². The lowest BCUT2D eigenvalue weighted by molar-refractivity contribution is 0.0993. The minimum absolute atomic E-state index is 0.0200. The number of amides is 1. The zero-order chi connectivity index (χ0) is 22.3. The van der Waals surface area contributed by atoms with Crippen LogP contribution in [0.25, 0.3) is 0 Å². The highest BCUT2D eigenvalue weighted by molar-refractivity contribution is 7.92. The van der Waals surface area contributed by atoms with Gasteiger partial charge in [0.15, 0.2) is 5.75 Å². The SMILES string of the molecule is COc1ccc(S(=O)(=O)Nc2ccc3c(c2)C(=O)N(C)c2cc(C)ccc2O3)c(Cl)c1. The number of hydrogen-bond acceptors (Lipinski definition) is 5. The van der Waals surface area contributed by atoms with Crippen LogP contribution in [-0.2, 0) is 10.0 Å². The summed E-state index contributed by atoms with van der Waals surface area (Å²) in [7, 11) is -0.890. The van der Waals surface area contributed by atoms with Gasteiger partial charge in [-0.15, -0.1) is 0 Å². The minimum Gasteiger partial charge on any atom is -0.497 e. The molecule has 1 N–H and O–H groups in total. The van der Waals surface area contributed by atoms with Gasteiger partial charge in [-0.1, -0.05) is 17.7 Å². The van der Waals surface area contributed by atoms with Crippen molar-refractivity contribution in [3.8, 4) is 17.2 Å². The van der Waals surface area contributed by atoms with Crippen LogP contribution >= 0.6 is 11.6 Å². The highest BCUT2D eigenvalue weighted by Crippen LogP contribution is 2.40. The first-order valence-electron chi connectivity index (χ1n) is 9.26. The zero-order valence-corrected chi connectivity index (χ0v) is 18.5. The van der Waals surface area contributed by atoms with Crippen molar-refractivity contribution in [1.82, 2.24) is 0 Å². The number of anilines is 2. The van der Waals surface area contributed by atoms with Crippen LogP contribution in [0, 0.1) is 6.92 Å². The second-order valence-electron chi connectivity index (χ2n) is 7.05. The first-order valence-corrected chi connectivity index (χ1v) is 11.1. The van der Waals surface area contributed by atoms with E-state index >= 15 is 0 Å². The Bertz CT molecular complexity index is 1310. The van der Waals surface area contributed by atoms with Crippen LogP contribution in [-0.4, -0.2) is 28.5 Å². The molecule has 0 aromatic heterocycles. The molecule has 0 fully saturated rings. The van der Waals surface area contributed by atoms with E-state index in [1.807, 2.05) is 19.1 Å². The summed E-state index contributed by atoms with van der Waals surface area (Å²) in [6.07, 6.45) is 0. The molecule has 9 heteroatoms. The lowest BCUT2D eigenvalue weighted by Crippen LogP contribution is -2.25. The van der Waals surface area contributed by atoms with Crippen molar-refractivity contribution >= 4 is 38.9 Å². The second kappa shape index (κ2) is 7.79. The number of benzene rings is 3. The van der Waals surface area contributed by atoms with Crippen molar-refractivity contribution < 1.29 is 22.7 Å². The number of rotatable bonds is 4. The molecule has 0 aliphatic carbocycles. The number of halogens is 1. The fourth-order valence-electron chi connectivity index (χ4n) is 3.27. The molecule has 1 aliphatic rings.